The first-order valence-electron chi connectivity index (χ1n) is 8.99. The number of furan rings is 1. The Labute approximate surface area is 168 Å². The molecule has 0 bridgehead atoms. The number of benzene rings is 1. The van der Waals surface area contributed by atoms with Crippen LogP contribution in [-0.4, -0.2) is 25.2 Å². The number of ether oxygens (including phenoxy) is 1. The SMILES string of the molecule is CCOC(=O)C1=C(CN[C@@H](C)c2cccc(Cl)c2)NC(=O)N[C@H]1c1ccco1. The second-order valence-corrected chi connectivity index (χ2v) is 6.75. The summed E-state index contributed by atoms with van der Waals surface area (Å²) in [5.74, 6) is -0.0538. The highest BCUT2D eigenvalue weighted by atomic mass is 35.5. The minimum Gasteiger partial charge on any atom is -0.467 e. The molecule has 1 aliphatic rings. The van der Waals surface area contributed by atoms with E-state index < -0.39 is 18.0 Å². The van der Waals surface area contributed by atoms with Crippen LogP contribution in [0.15, 0.2) is 58.3 Å². The quantitative estimate of drug-likeness (QED) is 0.616. The van der Waals surface area contributed by atoms with Crippen molar-refractivity contribution >= 4 is 23.6 Å². The zero-order chi connectivity index (χ0) is 20.1. The molecule has 0 spiro atoms. The normalized spacial score (nSPS) is 17.7. The molecule has 0 fully saturated rings. The van der Waals surface area contributed by atoms with E-state index in [4.69, 9.17) is 20.8 Å². The molecule has 2 heterocycles. The van der Waals surface area contributed by atoms with Crippen LogP contribution in [-0.2, 0) is 9.53 Å². The summed E-state index contributed by atoms with van der Waals surface area (Å²) in [6, 6.07) is 9.72. The van der Waals surface area contributed by atoms with Gasteiger partial charge in [-0.3, -0.25) is 0 Å². The van der Waals surface area contributed by atoms with Crippen molar-refractivity contribution in [2.75, 3.05) is 13.2 Å². The van der Waals surface area contributed by atoms with E-state index in [1.807, 2.05) is 25.1 Å². The smallest absolute Gasteiger partial charge is 0.338 e. The topological polar surface area (TPSA) is 92.6 Å². The van der Waals surface area contributed by atoms with Gasteiger partial charge in [0.2, 0.25) is 0 Å². The third kappa shape index (κ3) is 4.55. The number of nitrogens with one attached hydrogen (secondary N) is 3. The Hall–Kier alpha value is -2.77. The van der Waals surface area contributed by atoms with Gasteiger partial charge in [-0.1, -0.05) is 23.7 Å². The van der Waals surface area contributed by atoms with Crippen molar-refractivity contribution < 1.29 is 18.7 Å². The summed E-state index contributed by atoms with van der Waals surface area (Å²) in [4.78, 5) is 24.8. The zero-order valence-corrected chi connectivity index (χ0v) is 16.4. The van der Waals surface area contributed by atoms with Gasteiger partial charge in [-0.05, 0) is 43.7 Å². The Morgan fingerprint density at radius 1 is 1.36 bits per heavy atom. The fraction of sp³-hybridized carbons (Fsp3) is 0.300. The van der Waals surface area contributed by atoms with Gasteiger partial charge in [0.15, 0.2) is 0 Å². The van der Waals surface area contributed by atoms with Crippen molar-refractivity contribution in [3.63, 3.8) is 0 Å². The first-order valence-corrected chi connectivity index (χ1v) is 9.37. The van der Waals surface area contributed by atoms with Crippen molar-refractivity contribution in [3.05, 3.63) is 70.3 Å². The molecule has 0 radical (unpaired) electrons. The van der Waals surface area contributed by atoms with E-state index in [0.29, 0.717) is 22.1 Å². The average molecular weight is 404 g/mol. The van der Waals surface area contributed by atoms with Crippen LogP contribution in [0.25, 0.3) is 0 Å². The highest BCUT2D eigenvalue weighted by Gasteiger charge is 2.35. The molecule has 0 saturated carbocycles. The Bertz CT molecular complexity index is 879. The van der Waals surface area contributed by atoms with Crippen LogP contribution < -0.4 is 16.0 Å². The summed E-state index contributed by atoms with van der Waals surface area (Å²) in [5, 5.41) is 9.39. The number of carbonyl (C=O) groups is 2. The lowest BCUT2D eigenvalue weighted by molar-refractivity contribution is -0.139. The second-order valence-electron chi connectivity index (χ2n) is 6.32. The maximum absolute atomic E-state index is 12.6. The predicted molar refractivity (Wildman–Crippen MR) is 105 cm³/mol. The van der Waals surface area contributed by atoms with E-state index in [2.05, 4.69) is 16.0 Å². The molecule has 8 heteroatoms. The molecule has 0 aliphatic carbocycles. The molecule has 1 aliphatic heterocycles. The van der Waals surface area contributed by atoms with Gasteiger partial charge in [0, 0.05) is 23.3 Å². The number of esters is 1. The third-order valence-corrected chi connectivity index (χ3v) is 4.65. The Morgan fingerprint density at radius 2 is 2.18 bits per heavy atom. The molecule has 0 saturated heterocycles. The number of amides is 2. The molecule has 28 heavy (non-hydrogen) atoms. The Morgan fingerprint density at radius 3 is 2.86 bits per heavy atom. The largest absolute Gasteiger partial charge is 0.467 e. The predicted octanol–water partition coefficient (Wildman–Crippen LogP) is 3.45. The summed E-state index contributed by atoms with van der Waals surface area (Å²) in [6.07, 6.45) is 1.49. The van der Waals surface area contributed by atoms with Gasteiger partial charge in [-0.25, -0.2) is 9.59 Å². The molecule has 3 rings (SSSR count). The second kappa shape index (κ2) is 8.95. The van der Waals surface area contributed by atoms with Crippen LogP contribution in [0, 0.1) is 0 Å². The Kier molecular flexibility index (Phi) is 6.38. The third-order valence-electron chi connectivity index (χ3n) is 4.41. The summed E-state index contributed by atoms with van der Waals surface area (Å²) in [6.45, 7) is 4.19. The van der Waals surface area contributed by atoms with Gasteiger partial charge in [0.05, 0.1) is 18.4 Å². The van der Waals surface area contributed by atoms with Crippen molar-refractivity contribution in [3.8, 4) is 0 Å². The Balaban J connectivity index is 1.87. The van der Waals surface area contributed by atoms with E-state index >= 15 is 0 Å². The minimum absolute atomic E-state index is 0.0523. The summed E-state index contributed by atoms with van der Waals surface area (Å²) >= 11 is 6.06. The van der Waals surface area contributed by atoms with Crippen LogP contribution in [0.3, 0.4) is 0 Å². The maximum atomic E-state index is 12.6. The first kappa shape index (κ1) is 20.0. The highest BCUT2D eigenvalue weighted by Crippen LogP contribution is 2.28. The lowest BCUT2D eigenvalue weighted by atomic mass is 9.99. The number of rotatable bonds is 7. The number of carbonyl (C=O) groups excluding carboxylic acids is 2. The van der Waals surface area contributed by atoms with Gasteiger partial charge in [0.25, 0.3) is 0 Å². The lowest BCUT2D eigenvalue weighted by Crippen LogP contribution is -2.48. The average Bonchev–Trinajstić information content (AvgIpc) is 3.20. The van der Waals surface area contributed by atoms with Gasteiger partial charge < -0.3 is 25.1 Å². The first-order chi connectivity index (χ1) is 13.5. The van der Waals surface area contributed by atoms with Crippen molar-refractivity contribution in [1.29, 1.82) is 0 Å². The van der Waals surface area contributed by atoms with Gasteiger partial charge >= 0.3 is 12.0 Å². The fourth-order valence-electron chi connectivity index (χ4n) is 3.03. The molecule has 1 aromatic carbocycles. The van der Waals surface area contributed by atoms with Crippen molar-refractivity contribution in [1.82, 2.24) is 16.0 Å². The van der Waals surface area contributed by atoms with Gasteiger partial charge in [-0.15, -0.1) is 0 Å². The minimum atomic E-state index is -0.721. The lowest BCUT2D eigenvalue weighted by Gasteiger charge is -2.28. The maximum Gasteiger partial charge on any atom is 0.338 e. The molecule has 1 aromatic heterocycles. The van der Waals surface area contributed by atoms with E-state index in [0.717, 1.165) is 5.56 Å². The van der Waals surface area contributed by atoms with Gasteiger partial charge in [-0.2, -0.15) is 0 Å². The molecule has 7 nitrogen and oxygen atoms in total. The van der Waals surface area contributed by atoms with Crippen LogP contribution in [0.1, 0.15) is 37.3 Å². The van der Waals surface area contributed by atoms with E-state index in [9.17, 15) is 9.59 Å². The van der Waals surface area contributed by atoms with Crippen LogP contribution in [0.2, 0.25) is 5.02 Å². The standard InChI is InChI=1S/C20H22ClN3O4/c1-3-27-19(25)17-15(11-22-12(2)13-6-4-7-14(21)10-13)23-20(26)24-18(17)16-8-5-9-28-16/h4-10,12,18,22H,3,11H2,1-2H3,(H2,23,24,26)/t12-,18-/m0/s1. The number of halogens is 1. The molecular weight excluding hydrogens is 382 g/mol. The van der Waals surface area contributed by atoms with Crippen LogP contribution >= 0.6 is 11.6 Å². The molecule has 2 amide bonds. The van der Waals surface area contributed by atoms with Crippen molar-refractivity contribution in [2.45, 2.75) is 25.9 Å². The summed E-state index contributed by atoms with van der Waals surface area (Å²) < 4.78 is 10.6. The van der Waals surface area contributed by atoms with Crippen LogP contribution in [0.5, 0.6) is 0 Å². The van der Waals surface area contributed by atoms with Crippen LogP contribution in [0.4, 0.5) is 4.79 Å². The summed E-state index contributed by atoms with van der Waals surface area (Å²) in [7, 11) is 0. The molecule has 2 atom stereocenters. The monoisotopic (exact) mass is 403 g/mol. The molecule has 148 valence electrons. The summed E-state index contributed by atoms with van der Waals surface area (Å²) in [5.41, 5.74) is 1.74. The fourth-order valence-corrected chi connectivity index (χ4v) is 3.22. The van der Waals surface area contributed by atoms with Crippen molar-refractivity contribution in [2.24, 2.45) is 0 Å². The van der Waals surface area contributed by atoms with Gasteiger partial charge in [0.1, 0.15) is 11.8 Å². The number of hydrogen-bond acceptors (Lipinski definition) is 5. The molecular formula is C20H22ClN3O4. The number of hydrogen-bond donors (Lipinski definition) is 3. The van der Waals surface area contributed by atoms with E-state index in [1.165, 1.54) is 6.26 Å². The van der Waals surface area contributed by atoms with E-state index in [-0.39, 0.29) is 19.2 Å². The molecule has 0 unspecified atom stereocenters. The highest BCUT2D eigenvalue weighted by molar-refractivity contribution is 6.30. The molecule has 3 N–H and O–H groups in total. The zero-order valence-electron chi connectivity index (χ0n) is 15.6. The van der Waals surface area contributed by atoms with E-state index in [1.54, 1.807) is 25.1 Å². The number of urea groups is 1. The molecule has 2 aromatic rings.